The summed E-state index contributed by atoms with van der Waals surface area (Å²) in [4.78, 5) is 17.5. The summed E-state index contributed by atoms with van der Waals surface area (Å²) < 4.78 is 5.94. The molecule has 0 saturated carbocycles. The van der Waals surface area contributed by atoms with E-state index in [-0.39, 0.29) is 42.5 Å². The second-order valence-electron chi connectivity index (χ2n) is 5.95. The Bertz CT molecular complexity index is 550. The van der Waals surface area contributed by atoms with Crippen molar-refractivity contribution in [1.29, 1.82) is 0 Å². The molecule has 142 valence electrons. The van der Waals surface area contributed by atoms with E-state index in [9.17, 15) is 4.79 Å². The Morgan fingerprint density at radius 2 is 1.96 bits per heavy atom. The van der Waals surface area contributed by atoms with Gasteiger partial charge in [-0.15, -0.1) is 24.0 Å². The number of benzene rings is 1. The van der Waals surface area contributed by atoms with Crippen molar-refractivity contribution in [3.05, 3.63) is 29.8 Å². The largest absolute Gasteiger partial charge is 0.489 e. The van der Waals surface area contributed by atoms with Crippen molar-refractivity contribution < 1.29 is 9.53 Å². The van der Waals surface area contributed by atoms with Crippen molar-refractivity contribution in [2.24, 2.45) is 4.99 Å². The minimum atomic E-state index is -0.0307. The van der Waals surface area contributed by atoms with E-state index >= 15 is 0 Å². The molecular formula is C18H31IN4O2. The lowest BCUT2D eigenvalue weighted by atomic mass is 10.2. The molecule has 0 aliphatic heterocycles. The predicted octanol–water partition coefficient (Wildman–Crippen LogP) is 2.41. The van der Waals surface area contributed by atoms with Crippen molar-refractivity contribution in [1.82, 2.24) is 15.5 Å². The fourth-order valence-corrected chi connectivity index (χ4v) is 1.89. The lowest BCUT2D eigenvalue weighted by molar-refractivity contribution is -0.127. The molecule has 0 fully saturated rings. The summed E-state index contributed by atoms with van der Waals surface area (Å²) in [6.07, 6.45) is 0.960. The third kappa shape index (κ3) is 9.52. The third-order valence-corrected chi connectivity index (χ3v) is 3.39. The van der Waals surface area contributed by atoms with Crippen molar-refractivity contribution in [3.8, 4) is 5.75 Å². The zero-order chi connectivity index (χ0) is 17.9. The Hall–Kier alpha value is -1.51. The number of nitrogens with zero attached hydrogens (tertiary/aromatic N) is 2. The SMILES string of the molecule is CCCNC(=NCC(=O)N(C)C)NCC(C)Oc1ccccc1C.I. The molecule has 0 aromatic heterocycles. The Morgan fingerprint density at radius 3 is 2.56 bits per heavy atom. The van der Waals surface area contributed by atoms with Crippen LogP contribution in [-0.2, 0) is 4.79 Å². The average Bonchev–Trinajstić information content (AvgIpc) is 2.55. The van der Waals surface area contributed by atoms with Gasteiger partial charge in [-0.3, -0.25) is 4.79 Å². The van der Waals surface area contributed by atoms with Gasteiger partial charge in [-0.25, -0.2) is 4.99 Å². The van der Waals surface area contributed by atoms with E-state index in [0.29, 0.717) is 12.5 Å². The maximum absolute atomic E-state index is 11.7. The highest BCUT2D eigenvalue weighted by Gasteiger charge is 2.08. The summed E-state index contributed by atoms with van der Waals surface area (Å²) in [5.41, 5.74) is 1.11. The molecule has 0 aliphatic carbocycles. The summed E-state index contributed by atoms with van der Waals surface area (Å²) >= 11 is 0. The van der Waals surface area contributed by atoms with Crippen LogP contribution in [0.15, 0.2) is 29.3 Å². The molecule has 0 aliphatic rings. The van der Waals surface area contributed by atoms with Crippen molar-refractivity contribution in [3.63, 3.8) is 0 Å². The molecule has 1 rings (SSSR count). The third-order valence-electron chi connectivity index (χ3n) is 3.39. The van der Waals surface area contributed by atoms with Crippen molar-refractivity contribution in [2.75, 3.05) is 33.7 Å². The van der Waals surface area contributed by atoms with Crippen molar-refractivity contribution in [2.45, 2.75) is 33.3 Å². The quantitative estimate of drug-likeness (QED) is 0.354. The molecular weight excluding hydrogens is 431 g/mol. The van der Waals surface area contributed by atoms with Gasteiger partial charge < -0.3 is 20.3 Å². The van der Waals surface area contributed by atoms with Crippen molar-refractivity contribution >= 4 is 35.8 Å². The monoisotopic (exact) mass is 462 g/mol. The minimum Gasteiger partial charge on any atom is -0.489 e. The summed E-state index contributed by atoms with van der Waals surface area (Å²) in [5, 5.41) is 6.44. The number of nitrogens with one attached hydrogen (secondary N) is 2. The molecule has 6 nitrogen and oxygen atoms in total. The second kappa shape index (κ2) is 12.8. The van der Waals surface area contributed by atoms with Crippen LogP contribution in [0.1, 0.15) is 25.8 Å². The number of hydrogen-bond acceptors (Lipinski definition) is 3. The van der Waals surface area contributed by atoms with E-state index in [1.165, 1.54) is 4.90 Å². The molecule has 1 aromatic rings. The topological polar surface area (TPSA) is 66.0 Å². The number of carbonyl (C=O) groups is 1. The van der Waals surface area contributed by atoms with Crippen LogP contribution in [0.3, 0.4) is 0 Å². The summed E-state index contributed by atoms with van der Waals surface area (Å²) in [5.74, 6) is 1.48. The molecule has 0 saturated heterocycles. The number of para-hydroxylation sites is 1. The highest BCUT2D eigenvalue weighted by Crippen LogP contribution is 2.17. The average molecular weight is 462 g/mol. The van der Waals surface area contributed by atoms with E-state index < -0.39 is 0 Å². The molecule has 0 bridgehead atoms. The number of ether oxygens (including phenoxy) is 1. The number of aliphatic imine (C=N–C) groups is 1. The molecule has 7 heteroatoms. The van der Waals surface area contributed by atoms with Gasteiger partial charge in [-0.05, 0) is 31.9 Å². The first-order chi connectivity index (χ1) is 11.4. The predicted molar refractivity (Wildman–Crippen MR) is 114 cm³/mol. The fourth-order valence-electron chi connectivity index (χ4n) is 1.89. The molecule has 1 aromatic carbocycles. The normalized spacial score (nSPS) is 12.0. The van der Waals surface area contributed by atoms with E-state index in [4.69, 9.17) is 4.74 Å². The molecule has 2 N–H and O–H groups in total. The molecule has 1 amide bonds. The zero-order valence-electron chi connectivity index (χ0n) is 15.8. The van der Waals surface area contributed by atoms with Gasteiger partial charge >= 0.3 is 0 Å². The molecule has 1 atom stereocenters. The number of guanidine groups is 1. The minimum absolute atomic E-state index is 0. The number of carbonyl (C=O) groups excluding carboxylic acids is 1. The molecule has 0 radical (unpaired) electrons. The van der Waals surface area contributed by atoms with Crippen LogP contribution in [0.2, 0.25) is 0 Å². The van der Waals surface area contributed by atoms with Gasteiger partial charge in [-0.1, -0.05) is 25.1 Å². The van der Waals surface area contributed by atoms with E-state index in [1.54, 1.807) is 14.1 Å². The number of amides is 1. The first kappa shape index (κ1) is 23.5. The summed E-state index contributed by atoms with van der Waals surface area (Å²) in [7, 11) is 3.45. The van der Waals surface area contributed by atoms with E-state index in [0.717, 1.165) is 24.3 Å². The number of hydrogen-bond donors (Lipinski definition) is 2. The Kier molecular flexibility index (Phi) is 12.0. The van der Waals surface area contributed by atoms with Crippen LogP contribution < -0.4 is 15.4 Å². The van der Waals surface area contributed by atoms with Crippen LogP contribution in [0, 0.1) is 6.92 Å². The molecule has 1 unspecified atom stereocenters. The first-order valence-corrected chi connectivity index (χ1v) is 8.38. The number of likely N-dealkylation sites (N-methyl/N-ethyl adjacent to an activating group) is 1. The van der Waals surface area contributed by atoms with E-state index in [1.807, 2.05) is 38.1 Å². The second-order valence-corrected chi connectivity index (χ2v) is 5.95. The number of rotatable bonds is 8. The van der Waals surface area contributed by atoms with Gasteiger partial charge in [0.1, 0.15) is 18.4 Å². The lowest BCUT2D eigenvalue weighted by Crippen LogP contribution is -2.42. The Labute approximate surface area is 168 Å². The van der Waals surface area contributed by atoms with Gasteiger partial charge in [-0.2, -0.15) is 0 Å². The van der Waals surface area contributed by atoms with Crippen LogP contribution in [0.25, 0.3) is 0 Å². The smallest absolute Gasteiger partial charge is 0.243 e. The van der Waals surface area contributed by atoms with Crippen LogP contribution in [0.4, 0.5) is 0 Å². The van der Waals surface area contributed by atoms with Crippen LogP contribution in [-0.4, -0.2) is 56.6 Å². The van der Waals surface area contributed by atoms with Gasteiger partial charge in [0.2, 0.25) is 5.91 Å². The number of halogens is 1. The lowest BCUT2D eigenvalue weighted by Gasteiger charge is -2.19. The van der Waals surface area contributed by atoms with Crippen LogP contribution >= 0.6 is 24.0 Å². The molecule has 25 heavy (non-hydrogen) atoms. The Balaban J connectivity index is 0.00000576. The Morgan fingerprint density at radius 1 is 1.28 bits per heavy atom. The zero-order valence-corrected chi connectivity index (χ0v) is 18.2. The fraction of sp³-hybridized carbons (Fsp3) is 0.556. The highest BCUT2D eigenvalue weighted by atomic mass is 127. The first-order valence-electron chi connectivity index (χ1n) is 8.38. The van der Waals surface area contributed by atoms with Crippen LogP contribution in [0.5, 0.6) is 5.75 Å². The summed E-state index contributed by atoms with van der Waals surface area (Å²) in [6, 6.07) is 7.95. The van der Waals surface area contributed by atoms with E-state index in [2.05, 4.69) is 22.5 Å². The van der Waals surface area contributed by atoms with Gasteiger partial charge in [0, 0.05) is 20.6 Å². The van der Waals surface area contributed by atoms with Gasteiger partial charge in [0.15, 0.2) is 5.96 Å². The maximum atomic E-state index is 11.7. The maximum Gasteiger partial charge on any atom is 0.243 e. The molecule has 0 spiro atoms. The highest BCUT2D eigenvalue weighted by molar-refractivity contribution is 14.0. The molecule has 0 heterocycles. The number of aryl methyl sites for hydroxylation is 1. The van der Waals surface area contributed by atoms with Gasteiger partial charge in [0.25, 0.3) is 0 Å². The summed E-state index contributed by atoms with van der Waals surface area (Å²) in [6.45, 7) is 7.63. The van der Waals surface area contributed by atoms with Gasteiger partial charge in [0.05, 0.1) is 6.54 Å². The standard InChI is InChI=1S/C18H30N4O2.HI/c1-6-11-19-18(21-13-17(23)22(4)5)20-12-15(3)24-16-10-8-7-9-14(16)2;/h7-10,15H,6,11-13H2,1-5H3,(H2,19,20,21);1H.